The second-order valence-corrected chi connectivity index (χ2v) is 1.54. The molecule has 0 aromatic heterocycles. The van der Waals surface area contributed by atoms with Crippen molar-refractivity contribution in [2.75, 3.05) is 0 Å². The molecule has 3 N–H and O–H groups in total. The molecule has 0 aliphatic rings. The maximum atomic E-state index is 8.97. The van der Waals surface area contributed by atoms with Crippen molar-refractivity contribution in [3.63, 3.8) is 0 Å². The Balaban J connectivity index is 0. The molecular weight excluding hydrogens is 101 g/mol. The van der Waals surface area contributed by atoms with Crippen LogP contribution in [0.2, 0.25) is 0 Å². The summed E-state index contributed by atoms with van der Waals surface area (Å²) >= 11 is 0. The van der Waals surface area contributed by atoms with Gasteiger partial charge in [-0.2, -0.15) is 8.42 Å². The summed E-state index contributed by atoms with van der Waals surface area (Å²) in [6.45, 7) is 0. The van der Waals surface area contributed by atoms with Gasteiger partial charge in [-0.1, -0.05) is 0 Å². The first-order valence-electron chi connectivity index (χ1n) is 0.752. The van der Waals surface area contributed by atoms with E-state index < -0.39 is 10.3 Å². The van der Waals surface area contributed by atoms with E-state index in [1.807, 2.05) is 0 Å². The van der Waals surface area contributed by atoms with E-state index in [9.17, 15) is 0 Å². The van der Waals surface area contributed by atoms with Crippen LogP contribution in [0, 0.1) is 0 Å². The summed E-state index contributed by atoms with van der Waals surface area (Å²) in [4.78, 5) is 0. The summed E-state index contributed by atoms with van der Waals surface area (Å²) in [5, 5.41) is 3.88. The number of hydrogen-bond donors (Lipinski definition) is 2. The summed E-state index contributed by atoms with van der Waals surface area (Å²) in [6, 6.07) is 0. The van der Waals surface area contributed by atoms with E-state index in [0.717, 1.165) is 0 Å². The van der Waals surface area contributed by atoms with Crippen LogP contribution in [0.1, 0.15) is 0 Å². The van der Waals surface area contributed by atoms with Crippen LogP contribution in [0.15, 0.2) is 0 Å². The first-order chi connectivity index (χ1) is 2.00. The average molecular weight is 105 g/mol. The van der Waals surface area contributed by atoms with Gasteiger partial charge in [-0.25, -0.2) is 5.14 Å². The van der Waals surface area contributed by atoms with Crippen molar-refractivity contribution in [2.45, 2.75) is 0 Å². The second-order valence-electron chi connectivity index (χ2n) is 0.515. The van der Waals surface area contributed by atoms with Crippen molar-refractivity contribution in [1.82, 2.24) is 0 Å². The van der Waals surface area contributed by atoms with Crippen LogP contribution in [0.4, 0.5) is 0 Å². The van der Waals surface area contributed by atoms with E-state index in [2.05, 4.69) is 5.14 Å². The molecule has 0 spiro atoms. The molecule has 0 radical (unpaired) electrons. The summed E-state index contributed by atoms with van der Waals surface area (Å²) in [5.74, 6) is 0. The molecule has 34 valence electrons. The van der Waals surface area contributed by atoms with Crippen LogP contribution in [-0.4, -0.2) is 31.8 Å². The third-order valence-corrected chi connectivity index (χ3v) is 0. The Morgan fingerprint density at radius 2 is 1.50 bits per heavy atom. The van der Waals surface area contributed by atoms with Gasteiger partial charge in [0.1, 0.15) is 0 Å². The first-order valence-corrected chi connectivity index (χ1v) is 2.25. The van der Waals surface area contributed by atoms with Crippen LogP contribution >= 0.6 is 0 Å². The van der Waals surface area contributed by atoms with Gasteiger partial charge in [-0.3, -0.25) is 4.55 Å². The fraction of sp³-hybridized carbons (Fsp3) is 0. The van der Waals surface area contributed by atoms with Crippen LogP contribution in [-0.2, 0) is 10.3 Å². The van der Waals surface area contributed by atoms with Crippen molar-refractivity contribution in [2.24, 2.45) is 5.14 Å². The van der Waals surface area contributed by atoms with E-state index in [1.54, 1.807) is 0 Å². The zero-order valence-corrected chi connectivity index (χ0v) is 3.07. The molecule has 4 nitrogen and oxygen atoms in total. The van der Waals surface area contributed by atoms with Gasteiger partial charge < -0.3 is 0 Å². The molecule has 0 atom stereocenters. The molecule has 0 bridgehead atoms. The zero-order chi connectivity index (χ0) is 4.50. The van der Waals surface area contributed by atoms with Crippen molar-refractivity contribution in [1.29, 1.82) is 0 Å². The van der Waals surface area contributed by atoms with Gasteiger partial charge >= 0.3 is 29.2 Å². The third-order valence-electron chi connectivity index (χ3n) is 0. The van der Waals surface area contributed by atoms with Crippen molar-refractivity contribution >= 4 is 29.2 Å². The number of rotatable bonds is 0. The van der Waals surface area contributed by atoms with E-state index >= 15 is 0 Å². The summed E-state index contributed by atoms with van der Waals surface area (Å²) in [6.07, 6.45) is 0. The van der Waals surface area contributed by atoms with Crippen LogP contribution < -0.4 is 5.14 Å². The predicted molar refractivity (Wildman–Crippen MR) is 22.9 cm³/mol. The summed E-state index contributed by atoms with van der Waals surface area (Å²) in [7, 11) is -4.17. The van der Waals surface area contributed by atoms with Gasteiger partial charge in [0, 0.05) is 0 Å². The van der Waals surface area contributed by atoms with Crippen LogP contribution in [0.25, 0.3) is 0 Å². The fourth-order valence-electron chi connectivity index (χ4n) is 0. The Morgan fingerprint density at radius 3 is 1.50 bits per heavy atom. The van der Waals surface area contributed by atoms with E-state index in [-0.39, 0.29) is 18.9 Å². The quantitative estimate of drug-likeness (QED) is 0.279. The molecule has 0 saturated carbocycles. The Hall–Kier alpha value is 0.467. The summed E-state index contributed by atoms with van der Waals surface area (Å²) < 4.78 is 25.2. The average Bonchev–Trinajstić information content (AvgIpc) is 0.722. The van der Waals surface area contributed by atoms with E-state index in [4.69, 9.17) is 13.0 Å². The Kier molecular flexibility index (Phi) is 4.21. The molecule has 0 aromatic rings. The summed E-state index contributed by atoms with van der Waals surface area (Å²) in [5.41, 5.74) is 0. The molecule has 0 aromatic carbocycles. The molecule has 6 heavy (non-hydrogen) atoms. The molecular formula is H4LiNO3S. The number of nitrogens with two attached hydrogens (primary N) is 1. The van der Waals surface area contributed by atoms with Gasteiger partial charge in [-0.05, 0) is 0 Å². The number of hydrogen-bond acceptors (Lipinski definition) is 2. The normalized spacial score (nSPS) is 9.67. The molecule has 0 aliphatic carbocycles. The van der Waals surface area contributed by atoms with Crippen molar-refractivity contribution < 1.29 is 13.0 Å². The molecule has 0 amide bonds. The van der Waals surface area contributed by atoms with Crippen molar-refractivity contribution in [3.05, 3.63) is 0 Å². The minimum atomic E-state index is -4.17. The van der Waals surface area contributed by atoms with Gasteiger partial charge in [0.2, 0.25) is 0 Å². The monoisotopic (exact) mass is 105 g/mol. The van der Waals surface area contributed by atoms with Crippen molar-refractivity contribution in [3.8, 4) is 0 Å². The SMILES string of the molecule is NS(=O)(=O)O.[LiH]. The van der Waals surface area contributed by atoms with Crippen LogP contribution in [0.3, 0.4) is 0 Å². The zero-order valence-electron chi connectivity index (χ0n) is 2.25. The van der Waals surface area contributed by atoms with Gasteiger partial charge in [0.05, 0.1) is 0 Å². The molecule has 6 heteroatoms. The Morgan fingerprint density at radius 1 is 1.50 bits per heavy atom. The van der Waals surface area contributed by atoms with Gasteiger partial charge in [0.15, 0.2) is 0 Å². The molecule has 0 rings (SSSR count). The first kappa shape index (κ1) is 9.69. The Bertz CT molecular complexity index is 94.0. The molecule has 0 fully saturated rings. The standard InChI is InChI=1S/Li.H3NO3S.H/c;1-5(2,3)4;/h;(H3,1,2,3,4);. The van der Waals surface area contributed by atoms with E-state index in [1.165, 1.54) is 0 Å². The van der Waals surface area contributed by atoms with Crippen LogP contribution in [0.5, 0.6) is 0 Å². The molecule has 0 heterocycles. The predicted octanol–water partition coefficient (Wildman–Crippen LogP) is -1.90. The second kappa shape index (κ2) is 2.61. The third kappa shape index (κ3) is 246. The molecule has 0 saturated heterocycles. The van der Waals surface area contributed by atoms with E-state index in [0.29, 0.717) is 0 Å². The topological polar surface area (TPSA) is 80.4 Å². The van der Waals surface area contributed by atoms with Gasteiger partial charge in [-0.15, -0.1) is 0 Å². The molecule has 0 unspecified atom stereocenters. The van der Waals surface area contributed by atoms with Gasteiger partial charge in [0.25, 0.3) is 0 Å². The molecule has 0 aliphatic heterocycles. The fourth-order valence-corrected chi connectivity index (χ4v) is 0. The minimum absolute atomic E-state index is 0. The Labute approximate surface area is 47.8 Å². The maximum absolute atomic E-state index is 8.97.